The predicted molar refractivity (Wildman–Crippen MR) is 61.2 cm³/mol. The van der Waals surface area contributed by atoms with E-state index >= 15 is 0 Å². The Labute approximate surface area is 98.8 Å². The second-order valence-corrected chi connectivity index (χ2v) is 4.87. The molecule has 1 saturated carbocycles. The van der Waals surface area contributed by atoms with E-state index in [4.69, 9.17) is 0 Å². The van der Waals surface area contributed by atoms with Crippen LogP contribution in [-0.2, 0) is 16.0 Å². The molecule has 0 spiro atoms. The fourth-order valence-electron chi connectivity index (χ4n) is 1.22. The number of rotatable bonds is 5. The monoisotopic (exact) mass is 238 g/mol. The number of methoxy groups -OCH3 is 1. The number of thioether (sulfide) groups is 1. The number of nitrogens with zero attached hydrogens (tertiary/aromatic N) is 2. The maximum Gasteiger partial charge on any atom is 0.310 e. The average molecular weight is 238 g/mol. The Morgan fingerprint density at radius 1 is 1.50 bits per heavy atom. The first-order valence-electron chi connectivity index (χ1n) is 5.28. The minimum absolute atomic E-state index is 0.240. The van der Waals surface area contributed by atoms with Gasteiger partial charge in [0.05, 0.1) is 13.5 Å². The van der Waals surface area contributed by atoms with Crippen LogP contribution in [0.1, 0.15) is 18.4 Å². The highest BCUT2D eigenvalue weighted by Gasteiger charge is 2.21. The fourth-order valence-corrected chi connectivity index (χ4v) is 2.20. The summed E-state index contributed by atoms with van der Waals surface area (Å²) in [5.74, 6) is 1.71. The molecule has 0 atom stereocenters. The summed E-state index contributed by atoms with van der Waals surface area (Å²) < 4.78 is 4.57. The van der Waals surface area contributed by atoms with E-state index in [2.05, 4.69) is 14.7 Å². The summed E-state index contributed by atoms with van der Waals surface area (Å²) in [4.78, 5) is 19.4. The summed E-state index contributed by atoms with van der Waals surface area (Å²) in [5.41, 5.74) is 0.794. The summed E-state index contributed by atoms with van der Waals surface area (Å²) in [5, 5.41) is 0.792. The predicted octanol–water partition coefficient (Wildman–Crippen LogP) is 1.69. The van der Waals surface area contributed by atoms with Crippen molar-refractivity contribution in [1.82, 2.24) is 9.97 Å². The van der Waals surface area contributed by atoms with E-state index in [1.165, 1.54) is 20.0 Å². The third kappa shape index (κ3) is 3.48. The molecule has 0 aliphatic heterocycles. The van der Waals surface area contributed by atoms with Crippen LogP contribution < -0.4 is 0 Å². The van der Waals surface area contributed by atoms with Crippen LogP contribution in [-0.4, -0.2) is 28.8 Å². The van der Waals surface area contributed by atoms with Gasteiger partial charge in [0.25, 0.3) is 0 Å². The number of carbonyl (C=O) groups is 1. The van der Waals surface area contributed by atoms with Crippen molar-refractivity contribution in [2.24, 2.45) is 5.92 Å². The normalized spacial score (nSPS) is 14.8. The number of esters is 1. The van der Waals surface area contributed by atoms with Crippen LogP contribution in [0.15, 0.2) is 17.6 Å². The van der Waals surface area contributed by atoms with Gasteiger partial charge in [-0.2, -0.15) is 0 Å². The Morgan fingerprint density at radius 2 is 2.19 bits per heavy atom. The fraction of sp³-hybridized carbons (Fsp3) is 0.545. The van der Waals surface area contributed by atoms with Gasteiger partial charge >= 0.3 is 5.97 Å². The van der Waals surface area contributed by atoms with Crippen LogP contribution in [0.2, 0.25) is 0 Å². The molecule has 1 aliphatic rings. The standard InChI is InChI=1S/C11H14N2O2S/c1-15-10(14)4-9-5-12-11(13-6-9)16-7-8-2-3-8/h5-6,8H,2-4,7H2,1H3. The molecule has 1 aromatic heterocycles. The van der Waals surface area contributed by atoms with Gasteiger partial charge in [-0.1, -0.05) is 11.8 Å². The van der Waals surface area contributed by atoms with Crippen LogP contribution in [0.4, 0.5) is 0 Å². The minimum Gasteiger partial charge on any atom is -0.469 e. The molecule has 2 rings (SSSR count). The third-order valence-electron chi connectivity index (χ3n) is 2.40. The average Bonchev–Trinajstić information content (AvgIpc) is 3.12. The van der Waals surface area contributed by atoms with E-state index in [-0.39, 0.29) is 12.4 Å². The van der Waals surface area contributed by atoms with Gasteiger partial charge < -0.3 is 4.74 Å². The van der Waals surface area contributed by atoms with Crippen LogP contribution in [0.5, 0.6) is 0 Å². The SMILES string of the molecule is COC(=O)Cc1cnc(SCC2CC2)nc1. The lowest BCUT2D eigenvalue weighted by molar-refractivity contribution is -0.139. The van der Waals surface area contributed by atoms with Crippen molar-refractivity contribution in [2.75, 3.05) is 12.9 Å². The van der Waals surface area contributed by atoms with Crippen LogP contribution in [0.25, 0.3) is 0 Å². The minimum atomic E-state index is -0.262. The highest BCUT2D eigenvalue weighted by molar-refractivity contribution is 7.99. The van der Waals surface area contributed by atoms with Crippen molar-refractivity contribution in [2.45, 2.75) is 24.4 Å². The van der Waals surface area contributed by atoms with Crippen molar-refractivity contribution in [3.05, 3.63) is 18.0 Å². The topological polar surface area (TPSA) is 52.1 Å². The molecule has 0 N–H and O–H groups in total. The Kier molecular flexibility index (Phi) is 3.77. The molecule has 0 aromatic carbocycles. The molecule has 1 heterocycles. The van der Waals surface area contributed by atoms with Gasteiger partial charge in [-0.3, -0.25) is 4.79 Å². The highest BCUT2D eigenvalue weighted by Crippen LogP contribution is 2.33. The molecular formula is C11H14N2O2S. The lowest BCUT2D eigenvalue weighted by atomic mass is 10.2. The van der Waals surface area contributed by atoms with E-state index in [1.54, 1.807) is 24.2 Å². The van der Waals surface area contributed by atoms with Gasteiger partial charge in [0.15, 0.2) is 5.16 Å². The Morgan fingerprint density at radius 3 is 2.75 bits per heavy atom. The van der Waals surface area contributed by atoms with Crippen molar-refractivity contribution in [3.8, 4) is 0 Å². The molecule has 1 fully saturated rings. The zero-order chi connectivity index (χ0) is 11.4. The molecule has 0 bridgehead atoms. The molecule has 1 aromatic rings. The molecule has 0 amide bonds. The summed E-state index contributed by atoms with van der Waals surface area (Å²) in [7, 11) is 1.38. The highest BCUT2D eigenvalue weighted by atomic mass is 32.2. The first-order chi connectivity index (χ1) is 7.78. The number of ether oxygens (including phenoxy) is 1. The van der Waals surface area contributed by atoms with Gasteiger partial charge in [-0.05, 0) is 24.3 Å². The van der Waals surface area contributed by atoms with E-state index in [0.717, 1.165) is 22.4 Å². The first kappa shape index (κ1) is 11.4. The van der Waals surface area contributed by atoms with E-state index in [9.17, 15) is 4.79 Å². The first-order valence-corrected chi connectivity index (χ1v) is 6.27. The second kappa shape index (κ2) is 5.30. The summed E-state index contributed by atoms with van der Waals surface area (Å²) in [6.07, 6.45) is 6.31. The van der Waals surface area contributed by atoms with E-state index in [0.29, 0.717) is 0 Å². The Balaban J connectivity index is 1.85. The van der Waals surface area contributed by atoms with E-state index in [1.807, 2.05) is 0 Å². The van der Waals surface area contributed by atoms with Gasteiger partial charge in [0.2, 0.25) is 0 Å². The number of hydrogen-bond donors (Lipinski definition) is 0. The molecule has 0 saturated heterocycles. The maximum absolute atomic E-state index is 11.0. The van der Waals surface area contributed by atoms with Crippen LogP contribution in [0.3, 0.4) is 0 Å². The molecule has 86 valence electrons. The number of carbonyl (C=O) groups excluding carboxylic acids is 1. The van der Waals surface area contributed by atoms with Gasteiger partial charge in [-0.15, -0.1) is 0 Å². The third-order valence-corrected chi connectivity index (χ3v) is 3.51. The molecule has 4 nitrogen and oxygen atoms in total. The molecule has 0 unspecified atom stereocenters. The van der Waals surface area contributed by atoms with Crippen LogP contribution >= 0.6 is 11.8 Å². The lowest BCUT2D eigenvalue weighted by Crippen LogP contribution is -2.05. The second-order valence-electron chi connectivity index (χ2n) is 3.88. The maximum atomic E-state index is 11.0. The Bertz CT molecular complexity index is 363. The molecule has 16 heavy (non-hydrogen) atoms. The van der Waals surface area contributed by atoms with Crippen molar-refractivity contribution < 1.29 is 9.53 Å². The van der Waals surface area contributed by atoms with Crippen molar-refractivity contribution in [3.63, 3.8) is 0 Å². The molecular weight excluding hydrogens is 224 g/mol. The van der Waals surface area contributed by atoms with Gasteiger partial charge in [0.1, 0.15) is 0 Å². The quantitative estimate of drug-likeness (QED) is 0.444. The number of aromatic nitrogens is 2. The zero-order valence-electron chi connectivity index (χ0n) is 9.18. The zero-order valence-corrected chi connectivity index (χ0v) is 10.00. The largest absolute Gasteiger partial charge is 0.469 e. The van der Waals surface area contributed by atoms with Crippen LogP contribution in [0, 0.1) is 5.92 Å². The van der Waals surface area contributed by atoms with E-state index < -0.39 is 0 Å². The lowest BCUT2D eigenvalue weighted by Gasteiger charge is -2.01. The molecule has 5 heteroatoms. The Hall–Kier alpha value is -1.10. The van der Waals surface area contributed by atoms with Gasteiger partial charge in [-0.25, -0.2) is 9.97 Å². The number of hydrogen-bond acceptors (Lipinski definition) is 5. The van der Waals surface area contributed by atoms with Crippen molar-refractivity contribution in [1.29, 1.82) is 0 Å². The smallest absolute Gasteiger partial charge is 0.310 e. The molecule has 1 aliphatic carbocycles. The van der Waals surface area contributed by atoms with Gasteiger partial charge in [0, 0.05) is 18.1 Å². The summed E-state index contributed by atoms with van der Waals surface area (Å²) >= 11 is 1.69. The summed E-state index contributed by atoms with van der Waals surface area (Å²) in [6, 6.07) is 0. The summed E-state index contributed by atoms with van der Waals surface area (Å²) in [6.45, 7) is 0. The van der Waals surface area contributed by atoms with Crippen molar-refractivity contribution >= 4 is 17.7 Å². The molecule has 0 radical (unpaired) electrons.